The number of carbonyl (C=O) groups excluding carboxylic acids is 1. The molecule has 1 aromatic heterocycles. The lowest BCUT2D eigenvalue weighted by atomic mass is 10.1. The van der Waals surface area contributed by atoms with Gasteiger partial charge in [0.05, 0.1) is 6.33 Å². The molecular formula is C12H11F6N5O5. The van der Waals surface area contributed by atoms with Gasteiger partial charge in [-0.15, -0.1) is 10.2 Å². The second kappa shape index (κ2) is 8.22. The van der Waals surface area contributed by atoms with Gasteiger partial charge >= 0.3 is 24.3 Å². The fourth-order valence-corrected chi connectivity index (χ4v) is 1.57. The molecule has 0 saturated heterocycles. The number of aromatic nitrogens is 2. The summed E-state index contributed by atoms with van der Waals surface area (Å²) >= 11 is 0. The van der Waals surface area contributed by atoms with Crippen LogP contribution in [0, 0.1) is 0 Å². The van der Waals surface area contributed by atoms with Crippen molar-refractivity contribution in [3.05, 3.63) is 18.2 Å². The summed E-state index contributed by atoms with van der Waals surface area (Å²) < 4.78 is 70.4. The summed E-state index contributed by atoms with van der Waals surface area (Å²) in [6, 6.07) is 0. The molecule has 156 valence electrons. The van der Waals surface area contributed by atoms with E-state index in [4.69, 9.17) is 15.0 Å². The average molecular weight is 419 g/mol. The summed E-state index contributed by atoms with van der Waals surface area (Å²) in [6.07, 6.45) is -7.82. The monoisotopic (exact) mass is 419 g/mol. The normalized spacial score (nSPS) is 14.6. The number of rotatable bonds is 6. The Morgan fingerprint density at radius 3 is 2.00 bits per heavy atom. The lowest BCUT2D eigenvalue weighted by Crippen LogP contribution is -2.37. The molecule has 0 saturated carbocycles. The van der Waals surface area contributed by atoms with Crippen LogP contribution >= 0.6 is 0 Å². The number of amides is 1. The summed E-state index contributed by atoms with van der Waals surface area (Å²) in [6.45, 7) is -0.487. The Bertz CT molecular complexity index is 766. The van der Waals surface area contributed by atoms with E-state index in [1.54, 1.807) is 0 Å². The molecule has 28 heavy (non-hydrogen) atoms. The average Bonchev–Trinajstić information content (AvgIpc) is 3.18. The third-order valence-corrected chi connectivity index (χ3v) is 3.01. The molecule has 3 N–H and O–H groups in total. The predicted molar refractivity (Wildman–Crippen MR) is 74.1 cm³/mol. The SMILES string of the molecule is O=C(Cn1cnc(C(=O)O)c1)NCCC1(C(F)(F)F)N=N1.O=C(O)C(F)(F)F. The van der Waals surface area contributed by atoms with Gasteiger partial charge in [-0.25, -0.2) is 14.6 Å². The third kappa shape index (κ3) is 6.51. The van der Waals surface area contributed by atoms with Crippen LogP contribution in [0.15, 0.2) is 22.8 Å². The van der Waals surface area contributed by atoms with E-state index in [2.05, 4.69) is 20.5 Å². The molecule has 0 spiro atoms. The summed E-state index contributed by atoms with van der Waals surface area (Å²) in [5.74, 6) is -4.56. The minimum absolute atomic E-state index is 0.227. The van der Waals surface area contributed by atoms with Crippen molar-refractivity contribution in [2.45, 2.75) is 31.0 Å². The van der Waals surface area contributed by atoms with Crippen LogP contribution in [0.1, 0.15) is 16.9 Å². The van der Waals surface area contributed by atoms with Crippen LogP contribution in [0.4, 0.5) is 26.3 Å². The van der Waals surface area contributed by atoms with E-state index in [1.807, 2.05) is 0 Å². The molecule has 2 rings (SSSR count). The molecule has 0 aromatic carbocycles. The van der Waals surface area contributed by atoms with Crippen LogP contribution in [0.2, 0.25) is 0 Å². The maximum atomic E-state index is 12.5. The van der Waals surface area contributed by atoms with Gasteiger partial charge in [0, 0.05) is 19.2 Å². The Kier molecular flexibility index (Phi) is 6.70. The predicted octanol–water partition coefficient (Wildman–Crippen LogP) is 1.45. The van der Waals surface area contributed by atoms with Gasteiger partial charge in [-0.05, 0) is 0 Å². The first kappa shape index (κ1) is 22.8. The molecule has 1 aliphatic heterocycles. The van der Waals surface area contributed by atoms with Crippen molar-refractivity contribution < 1.29 is 50.9 Å². The second-order valence-electron chi connectivity index (χ2n) is 5.15. The highest BCUT2D eigenvalue weighted by atomic mass is 19.4. The number of carbonyl (C=O) groups is 3. The maximum absolute atomic E-state index is 12.5. The Hall–Kier alpha value is -3.20. The van der Waals surface area contributed by atoms with Crippen LogP contribution in [-0.2, 0) is 16.1 Å². The highest BCUT2D eigenvalue weighted by molar-refractivity contribution is 5.85. The second-order valence-corrected chi connectivity index (χ2v) is 5.15. The lowest BCUT2D eigenvalue weighted by molar-refractivity contribution is -0.192. The van der Waals surface area contributed by atoms with E-state index in [0.717, 1.165) is 12.5 Å². The van der Waals surface area contributed by atoms with E-state index in [0.29, 0.717) is 0 Å². The van der Waals surface area contributed by atoms with Crippen molar-refractivity contribution in [2.75, 3.05) is 6.54 Å². The topological polar surface area (TPSA) is 146 Å². The Morgan fingerprint density at radius 1 is 1.11 bits per heavy atom. The number of aromatic carboxylic acids is 1. The largest absolute Gasteiger partial charge is 0.490 e. The van der Waals surface area contributed by atoms with Crippen LogP contribution in [0.25, 0.3) is 0 Å². The molecule has 0 atom stereocenters. The number of halogens is 6. The molecule has 1 aromatic rings. The van der Waals surface area contributed by atoms with Crippen molar-refractivity contribution in [3.63, 3.8) is 0 Å². The molecule has 1 aliphatic rings. The minimum Gasteiger partial charge on any atom is -0.476 e. The zero-order chi connectivity index (χ0) is 21.8. The maximum Gasteiger partial charge on any atom is 0.490 e. The standard InChI is InChI=1S/C10H10F3N5O3.C2HF3O2/c11-10(12,13)9(16-17-9)1-2-14-7(19)4-18-3-6(8(20)21)15-5-18;3-2(4,5)1(6)7/h3,5H,1-2,4H2,(H,14,19)(H,20,21);(H,6,7). The Labute approximate surface area is 150 Å². The number of carboxylic acid groups (broad SMARTS) is 2. The van der Waals surface area contributed by atoms with Crippen molar-refractivity contribution in [1.29, 1.82) is 0 Å². The molecule has 1 amide bonds. The first-order valence-electron chi connectivity index (χ1n) is 7.00. The zero-order valence-corrected chi connectivity index (χ0v) is 13.5. The summed E-state index contributed by atoms with van der Waals surface area (Å²) in [5, 5.41) is 24.0. The van der Waals surface area contributed by atoms with Crippen molar-refractivity contribution in [1.82, 2.24) is 14.9 Å². The number of imidazole rings is 1. The van der Waals surface area contributed by atoms with Gasteiger partial charge in [0.1, 0.15) is 6.54 Å². The molecule has 0 radical (unpaired) electrons. The van der Waals surface area contributed by atoms with Gasteiger partial charge < -0.3 is 20.1 Å². The zero-order valence-electron chi connectivity index (χ0n) is 13.5. The van der Waals surface area contributed by atoms with Crippen molar-refractivity contribution in [3.8, 4) is 0 Å². The minimum atomic E-state index is -5.08. The number of hydrogen-bond acceptors (Lipinski definition) is 6. The van der Waals surface area contributed by atoms with Gasteiger partial charge in [-0.1, -0.05) is 0 Å². The molecule has 2 heterocycles. The van der Waals surface area contributed by atoms with Gasteiger partial charge in [-0.3, -0.25) is 4.79 Å². The number of nitrogens with zero attached hydrogens (tertiary/aromatic N) is 4. The lowest BCUT2D eigenvalue weighted by Gasteiger charge is -2.14. The van der Waals surface area contributed by atoms with E-state index in [-0.39, 0.29) is 18.8 Å². The molecule has 0 aliphatic carbocycles. The first-order valence-corrected chi connectivity index (χ1v) is 7.00. The van der Waals surface area contributed by atoms with Gasteiger partial charge in [-0.2, -0.15) is 26.3 Å². The molecule has 16 heteroatoms. The van der Waals surface area contributed by atoms with E-state index in [9.17, 15) is 35.9 Å². The van der Waals surface area contributed by atoms with Crippen LogP contribution in [0.3, 0.4) is 0 Å². The number of nitrogens with one attached hydrogen (secondary N) is 1. The summed E-state index contributed by atoms with van der Waals surface area (Å²) in [4.78, 5) is 34.5. The smallest absolute Gasteiger partial charge is 0.476 e. The highest BCUT2D eigenvalue weighted by Crippen LogP contribution is 2.46. The molecule has 0 fully saturated rings. The van der Waals surface area contributed by atoms with E-state index < -0.39 is 42.3 Å². The Morgan fingerprint density at radius 2 is 1.64 bits per heavy atom. The summed E-state index contributed by atoms with van der Waals surface area (Å²) in [5.41, 5.74) is -2.61. The molecular weight excluding hydrogens is 408 g/mol. The van der Waals surface area contributed by atoms with Crippen LogP contribution in [-0.4, -0.2) is 62.2 Å². The van der Waals surface area contributed by atoms with Gasteiger partial charge in [0.2, 0.25) is 5.91 Å². The molecule has 0 bridgehead atoms. The van der Waals surface area contributed by atoms with Crippen LogP contribution < -0.4 is 5.32 Å². The van der Waals surface area contributed by atoms with E-state index >= 15 is 0 Å². The fourth-order valence-electron chi connectivity index (χ4n) is 1.57. The number of carboxylic acids is 2. The van der Waals surface area contributed by atoms with Crippen molar-refractivity contribution in [2.24, 2.45) is 10.2 Å². The molecule has 10 nitrogen and oxygen atoms in total. The van der Waals surface area contributed by atoms with Gasteiger partial charge in [0.25, 0.3) is 5.66 Å². The highest BCUT2D eigenvalue weighted by Gasteiger charge is 2.63. The Balaban J connectivity index is 0.000000480. The summed E-state index contributed by atoms with van der Waals surface area (Å²) in [7, 11) is 0. The number of hydrogen-bond donors (Lipinski definition) is 3. The molecule has 0 unspecified atom stereocenters. The number of alkyl halides is 6. The number of aliphatic carboxylic acids is 1. The first-order chi connectivity index (χ1) is 12.7. The van der Waals surface area contributed by atoms with Crippen molar-refractivity contribution >= 4 is 17.8 Å². The van der Waals surface area contributed by atoms with Crippen LogP contribution in [0.5, 0.6) is 0 Å². The van der Waals surface area contributed by atoms with Gasteiger partial charge in [0.15, 0.2) is 5.69 Å². The third-order valence-electron chi connectivity index (χ3n) is 3.01. The van der Waals surface area contributed by atoms with E-state index in [1.165, 1.54) is 4.57 Å². The quantitative estimate of drug-likeness (QED) is 0.595. The fraction of sp³-hybridized carbons (Fsp3) is 0.500.